The maximum atomic E-state index is 13.9. The number of piperidine rings is 2. The van der Waals surface area contributed by atoms with Crippen LogP contribution in [0.25, 0.3) is 0 Å². The second-order valence-electron chi connectivity index (χ2n) is 8.40. The molecule has 4 rings (SSSR count). The lowest BCUT2D eigenvalue weighted by molar-refractivity contribution is -0.140. The number of likely N-dealkylation sites (tertiary alicyclic amines) is 1. The van der Waals surface area contributed by atoms with Gasteiger partial charge in [-0.25, -0.2) is 4.39 Å². The van der Waals surface area contributed by atoms with E-state index in [1.807, 2.05) is 6.07 Å². The molecule has 150 valence electrons. The molecule has 1 spiro atoms. The first-order valence-corrected chi connectivity index (χ1v) is 9.93. The number of nitrogens with zero attached hydrogens (tertiary/aromatic N) is 1. The van der Waals surface area contributed by atoms with Crippen LogP contribution in [-0.4, -0.2) is 50.2 Å². The van der Waals surface area contributed by atoms with E-state index in [1.54, 1.807) is 12.1 Å². The van der Waals surface area contributed by atoms with Crippen molar-refractivity contribution >= 4 is 18.3 Å². The summed E-state index contributed by atoms with van der Waals surface area (Å²) in [7, 11) is 0. The molecule has 3 aliphatic rings. The number of hydrogen-bond acceptors (Lipinski definition) is 3. The fourth-order valence-electron chi connectivity index (χ4n) is 5.10. The molecule has 0 saturated carbocycles. The minimum absolute atomic E-state index is 0. The van der Waals surface area contributed by atoms with E-state index >= 15 is 0 Å². The first-order chi connectivity index (χ1) is 12.6. The first-order valence-electron chi connectivity index (χ1n) is 9.93. The number of carbonyl (C=O) groups is 1. The van der Waals surface area contributed by atoms with Crippen molar-refractivity contribution in [1.82, 2.24) is 10.2 Å². The molecule has 0 bridgehead atoms. The predicted octanol–water partition coefficient (Wildman–Crippen LogP) is 3.29. The van der Waals surface area contributed by atoms with Gasteiger partial charge in [0.2, 0.25) is 5.91 Å². The summed E-state index contributed by atoms with van der Waals surface area (Å²) in [5.41, 5.74) is 1.09. The lowest BCUT2D eigenvalue weighted by Crippen LogP contribution is -2.55. The zero-order chi connectivity index (χ0) is 18.0. The van der Waals surface area contributed by atoms with E-state index in [9.17, 15) is 9.18 Å². The summed E-state index contributed by atoms with van der Waals surface area (Å²) in [4.78, 5) is 14.8. The topological polar surface area (TPSA) is 41.6 Å². The summed E-state index contributed by atoms with van der Waals surface area (Å²) >= 11 is 0. The van der Waals surface area contributed by atoms with Gasteiger partial charge in [-0.2, -0.15) is 0 Å². The molecule has 3 aliphatic heterocycles. The molecule has 27 heavy (non-hydrogen) atoms. The van der Waals surface area contributed by atoms with Crippen LogP contribution in [0.5, 0.6) is 0 Å². The first kappa shape index (κ1) is 20.6. The molecule has 6 heteroatoms. The summed E-state index contributed by atoms with van der Waals surface area (Å²) in [6, 6.07) is 6.95. The third-order valence-electron chi connectivity index (χ3n) is 6.79. The third-order valence-corrected chi connectivity index (χ3v) is 6.79. The van der Waals surface area contributed by atoms with Crippen molar-refractivity contribution in [1.29, 1.82) is 0 Å². The summed E-state index contributed by atoms with van der Waals surface area (Å²) in [5.74, 6) is 0.0598. The van der Waals surface area contributed by atoms with Gasteiger partial charge < -0.3 is 15.0 Å². The van der Waals surface area contributed by atoms with Gasteiger partial charge in [0.05, 0.1) is 0 Å². The minimum atomic E-state index is -0.201. The lowest BCUT2D eigenvalue weighted by atomic mass is 9.70. The zero-order valence-corrected chi connectivity index (χ0v) is 16.7. The van der Waals surface area contributed by atoms with Crippen molar-refractivity contribution in [3.05, 3.63) is 35.6 Å². The van der Waals surface area contributed by atoms with Crippen LogP contribution in [0.4, 0.5) is 4.39 Å². The second kappa shape index (κ2) is 8.46. The van der Waals surface area contributed by atoms with Crippen molar-refractivity contribution in [2.24, 2.45) is 5.41 Å². The Hall–Kier alpha value is -1.17. The maximum Gasteiger partial charge on any atom is 0.222 e. The smallest absolute Gasteiger partial charge is 0.222 e. The Bertz CT molecular complexity index is 657. The van der Waals surface area contributed by atoms with Crippen molar-refractivity contribution in [2.75, 3.05) is 39.4 Å². The highest BCUT2D eigenvalue weighted by molar-refractivity contribution is 5.85. The Morgan fingerprint density at radius 3 is 2.56 bits per heavy atom. The second-order valence-corrected chi connectivity index (χ2v) is 8.40. The van der Waals surface area contributed by atoms with Crippen molar-refractivity contribution < 1.29 is 13.9 Å². The number of halogens is 2. The van der Waals surface area contributed by atoms with Gasteiger partial charge in [0.15, 0.2) is 0 Å². The summed E-state index contributed by atoms with van der Waals surface area (Å²) in [6.45, 7) is 4.98. The average Bonchev–Trinajstić information content (AvgIpc) is 2.66. The molecule has 0 aromatic heterocycles. The quantitative estimate of drug-likeness (QED) is 0.852. The van der Waals surface area contributed by atoms with E-state index in [-0.39, 0.29) is 35.0 Å². The van der Waals surface area contributed by atoms with Crippen molar-refractivity contribution in [3.8, 4) is 0 Å². The van der Waals surface area contributed by atoms with Crippen molar-refractivity contribution in [3.63, 3.8) is 0 Å². The van der Waals surface area contributed by atoms with Gasteiger partial charge in [-0.1, -0.05) is 12.1 Å². The van der Waals surface area contributed by atoms with E-state index in [1.165, 1.54) is 6.07 Å². The number of amides is 1. The fraction of sp³-hybridized carbons (Fsp3) is 0.667. The van der Waals surface area contributed by atoms with E-state index in [0.717, 1.165) is 57.3 Å². The van der Waals surface area contributed by atoms with Gasteiger partial charge in [0.1, 0.15) is 5.82 Å². The molecular weight excluding hydrogens is 367 g/mol. The highest BCUT2D eigenvalue weighted by atomic mass is 35.5. The standard InChI is InChI=1S/C21H29FN2O2.ClH/c22-18-3-1-2-17(14-18)21(8-12-26-13-9-21)16-24-15-20(5-4-19(24)25)6-10-23-11-7-20;/h1-3,14,23H,4-13,15-16H2;1H. The summed E-state index contributed by atoms with van der Waals surface area (Å²) in [5, 5.41) is 3.44. The van der Waals surface area contributed by atoms with Crippen LogP contribution in [0, 0.1) is 11.2 Å². The van der Waals surface area contributed by atoms with Crippen LogP contribution in [0.2, 0.25) is 0 Å². The van der Waals surface area contributed by atoms with Crippen LogP contribution in [0.1, 0.15) is 44.1 Å². The molecule has 0 aliphatic carbocycles. The van der Waals surface area contributed by atoms with E-state index in [0.29, 0.717) is 26.2 Å². The van der Waals surface area contributed by atoms with Gasteiger partial charge >= 0.3 is 0 Å². The minimum Gasteiger partial charge on any atom is -0.381 e. The Morgan fingerprint density at radius 2 is 1.85 bits per heavy atom. The Kier molecular flexibility index (Phi) is 6.44. The summed E-state index contributed by atoms with van der Waals surface area (Å²) in [6.07, 6.45) is 5.64. The Balaban J connectivity index is 0.00000210. The highest BCUT2D eigenvalue weighted by Crippen LogP contribution is 2.42. The van der Waals surface area contributed by atoms with Gasteiger partial charge in [-0.15, -0.1) is 12.4 Å². The van der Waals surface area contributed by atoms with Crippen LogP contribution >= 0.6 is 12.4 Å². The number of benzene rings is 1. The summed E-state index contributed by atoms with van der Waals surface area (Å²) < 4.78 is 19.5. The van der Waals surface area contributed by atoms with E-state index in [2.05, 4.69) is 10.2 Å². The molecule has 1 aromatic rings. The van der Waals surface area contributed by atoms with Gasteiger partial charge in [0, 0.05) is 38.1 Å². The Labute approximate surface area is 167 Å². The molecular formula is C21H30ClFN2O2. The maximum absolute atomic E-state index is 13.9. The van der Waals surface area contributed by atoms with Gasteiger partial charge in [-0.3, -0.25) is 4.79 Å². The number of ether oxygens (including phenoxy) is 1. The zero-order valence-electron chi connectivity index (χ0n) is 15.8. The molecule has 0 atom stereocenters. The monoisotopic (exact) mass is 396 g/mol. The predicted molar refractivity (Wildman–Crippen MR) is 106 cm³/mol. The van der Waals surface area contributed by atoms with E-state index < -0.39 is 0 Å². The van der Waals surface area contributed by atoms with Crippen LogP contribution in [0.3, 0.4) is 0 Å². The number of hydrogen-bond donors (Lipinski definition) is 1. The van der Waals surface area contributed by atoms with E-state index in [4.69, 9.17) is 4.74 Å². The molecule has 1 amide bonds. The fourth-order valence-corrected chi connectivity index (χ4v) is 5.10. The number of nitrogens with one attached hydrogen (secondary N) is 1. The molecule has 0 radical (unpaired) electrons. The number of rotatable bonds is 3. The molecule has 4 nitrogen and oxygen atoms in total. The third kappa shape index (κ3) is 4.30. The molecule has 3 heterocycles. The lowest BCUT2D eigenvalue weighted by Gasteiger charge is -2.49. The normalized spacial score (nSPS) is 24.5. The largest absolute Gasteiger partial charge is 0.381 e. The highest BCUT2D eigenvalue weighted by Gasteiger charge is 2.43. The molecule has 3 saturated heterocycles. The van der Waals surface area contributed by atoms with Crippen LogP contribution in [0.15, 0.2) is 24.3 Å². The SMILES string of the molecule is Cl.O=C1CCC2(CCNCC2)CN1CC1(c2cccc(F)c2)CCOCC1. The van der Waals surface area contributed by atoms with Gasteiger partial charge in [-0.05, 0) is 68.3 Å². The molecule has 0 unspecified atom stereocenters. The van der Waals surface area contributed by atoms with Crippen molar-refractivity contribution in [2.45, 2.75) is 43.9 Å². The Morgan fingerprint density at radius 1 is 1.11 bits per heavy atom. The average molecular weight is 397 g/mol. The van der Waals surface area contributed by atoms with Gasteiger partial charge in [0.25, 0.3) is 0 Å². The number of carbonyl (C=O) groups excluding carboxylic acids is 1. The van der Waals surface area contributed by atoms with Crippen LogP contribution in [-0.2, 0) is 14.9 Å². The van der Waals surface area contributed by atoms with Crippen LogP contribution < -0.4 is 5.32 Å². The molecule has 1 aromatic carbocycles. The molecule has 3 fully saturated rings. The molecule has 1 N–H and O–H groups in total.